The molecular weight excluding hydrogens is 343 g/mol. The molecule has 0 radical (unpaired) electrons. The lowest BCUT2D eigenvalue weighted by Crippen LogP contribution is -2.30. The van der Waals surface area contributed by atoms with E-state index in [4.69, 9.17) is 9.47 Å². The monoisotopic (exact) mass is 360 g/mol. The number of nitrogens with one attached hydrogen (secondary N) is 1. The maximum absolute atomic E-state index is 13.6. The number of nitrogens with zero attached hydrogens (tertiary/aromatic N) is 1. The van der Waals surface area contributed by atoms with Gasteiger partial charge in [-0.15, -0.1) is 0 Å². The first-order chi connectivity index (χ1) is 12.1. The van der Waals surface area contributed by atoms with Crippen molar-refractivity contribution in [3.05, 3.63) is 48.3 Å². The number of benzene rings is 2. The summed E-state index contributed by atoms with van der Waals surface area (Å²) in [5.41, 5.74) is 0.770. The molecule has 0 aliphatic rings. The molecule has 0 saturated heterocycles. The van der Waals surface area contributed by atoms with E-state index in [2.05, 4.69) is 10.3 Å². The molecule has 1 aromatic heterocycles. The van der Waals surface area contributed by atoms with Gasteiger partial charge in [0.15, 0.2) is 22.8 Å². The van der Waals surface area contributed by atoms with Gasteiger partial charge in [-0.25, -0.2) is 9.37 Å². The van der Waals surface area contributed by atoms with Gasteiger partial charge in [-0.2, -0.15) is 0 Å². The number of anilines is 1. The molecule has 1 heterocycles. The topological polar surface area (TPSA) is 60.5 Å². The largest absolute Gasteiger partial charge is 0.494 e. The number of thiazole rings is 1. The Kier molecular flexibility index (Phi) is 5.14. The standard InChI is InChI=1S/C18H17FN2O3S/c1-3-23-12-8-9-14-16(10-12)25-18(20-14)21-17(22)11(2)24-15-7-5-4-6-13(15)19/h4-11H,3H2,1-2H3,(H,20,21,22)/t11-/m1/s1. The Balaban J connectivity index is 1.69. The van der Waals surface area contributed by atoms with Crippen molar-refractivity contribution in [1.82, 2.24) is 4.98 Å². The third-order valence-electron chi connectivity index (χ3n) is 3.41. The van der Waals surface area contributed by atoms with E-state index in [9.17, 15) is 9.18 Å². The minimum atomic E-state index is -0.858. The maximum atomic E-state index is 13.6. The predicted octanol–water partition coefficient (Wildman–Crippen LogP) is 4.24. The van der Waals surface area contributed by atoms with Crippen LogP contribution in [0.15, 0.2) is 42.5 Å². The van der Waals surface area contributed by atoms with E-state index < -0.39 is 17.8 Å². The lowest BCUT2D eigenvalue weighted by molar-refractivity contribution is -0.122. The molecule has 1 amide bonds. The van der Waals surface area contributed by atoms with E-state index in [0.717, 1.165) is 16.0 Å². The van der Waals surface area contributed by atoms with Crippen LogP contribution in [0, 0.1) is 5.82 Å². The number of carbonyl (C=O) groups excluding carboxylic acids is 1. The number of carbonyl (C=O) groups is 1. The highest BCUT2D eigenvalue weighted by atomic mass is 32.1. The molecule has 1 atom stereocenters. The molecule has 2 aromatic carbocycles. The van der Waals surface area contributed by atoms with E-state index >= 15 is 0 Å². The molecule has 0 bridgehead atoms. The van der Waals surface area contributed by atoms with Gasteiger partial charge in [0.2, 0.25) is 0 Å². The van der Waals surface area contributed by atoms with Crippen molar-refractivity contribution < 1.29 is 18.7 Å². The van der Waals surface area contributed by atoms with Crippen molar-refractivity contribution >= 4 is 32.6 Å². The molecule has 7 heteroatoms. The highest BCUT2D eigenvalue weighted by Gasteiger charge is 2.18. The zero-order valence-corrected chi connectivity index (χ0v) is 14.6. The van der Waals surface area contributed by atoms with Crippen molar-refractivity contribution in [1.29, 1.82) is 0 Å². The Labute approximate surface area is 148 Å². The van der Waals surface area contributed by atoms with E-state index in [1.54, 1.807) is 19.1 Å². The number of hydrogen-bond acceptors (Lipinski definition) is 5. The lowest BCUT2D eigenvalue weighted by Gasteiger charge is -2.13. The zero-order chi connectivity index (χ0) is 17.8. The molecular formula is C18H17FN2O3S. The van der Waals surface area contributed by atoms with E-state index in [0.29, 0.717) is 11.7 Å². The van der Waals surface area contributed by atoms with Crippen LogP contribution in [0.1, 0.15) is 13.8 Å². The molecule has 3 rings (SSSR count). The molecule has 0 spiro atoms. The van der Waals surface area contributed by atoms with Gasteiger partial charge in [0, 0.05) is 0 Å². The van der Waals surface area contributed by atoms with Gasteiger partial charge in [-0.05, 0) is 44.2 Å². The number of fused-ring (bicyclic) bond motifs is 1. The Bertz CT molecular complexity index is 897. The molecule has 0 aliphatic heterocycles. The summed E-state index contributed by atoms with van der Waals surface area (Å²) >= 11 is 1.34. The summed E-state index contributed by atoms with van der Waals surface area (Å²) in [7, 11) is 0. The van der Waals surface area contributed by atoms with Gasteiger partial charge in [-0.3, -0.25) is 10.1 Å². The number of aromatic nitrogens is 1. The van der Waals surface area contributed by atoms with E-state index in [1.807, 2.05) is 25.1 Å². The maximum Gasteiger partial charge on any atom is 0.266 e. The second kappa shape index (κ2) is 7.48. The molecule has 130 valence electrons. The van der Waals surface area contributed by atoms with Crippen LogP contribution in [-0.4, -0.2) is 23.6 Å². The normalized spacial score (nSPS) is 12.0. The van der Waals surface area contributed by atoms with Crippen LogP contribution in [0.2, 0.25) is 0 Å². The minimum Gasteiger partial charge on any atom is -0.494 e. The smallest absolute Gasteiger partial charge is 0.266 e. The molecule has 0 saturated carbocycles. The van der Waals surface area contributed by atoms with Gasteiger partial charge in [0.25, 0.3) is 5.91 Å². The quantitative estimate of drug-likeness (QED) is 0.714. The third-order valence-corrected chi connectivity index (χ3v) is 4.34. The highest BCUT2D eigenvalue weighted by Crippen LogP contribution is 2.29. The second-order valence-electron chi connectivity index (χ2n) is 5.26. The Morgan fingerprint density at radius 2 is 2.12 bits per heavy atom. The summed E-state index contributed by atoms with van der Waals surface area (Å²) in [6, 6.07) is 11.5. The SMILES string of the molecule is CCOc1ccc2nc(NC(=O)[C@@H](C)Oc3ccccc3F)sc2c1. The Morgan fingerprint density at radius 3 is 2.88 bits per heavy atom. The van der Waals surface area contributed by atoms with Crippen LogP contribution in [0.25, 0.3) is 10.2 Å². The van der Waals surface area contributed by atoms with E-state index in [1.165, 1.54) is 23.5 Å². The van der Waals surface area contributed by atoms with Crippen molar-refractivity contribution in [2.75, 3.05) is 11.9 Å². The predicted molar refractivity (Wildman–Crippen MR) is 95.9 cm³/mol. The molecule has 1 N–H and O–H groups in total. The number of para-hydroxylation sites is 1. The number of hydrogen-bond donors (Lipinski definition) is 1. The van der Waals surface area contributed by atoms with Gasteiger partial charge in [0.05, 0.1) is 16.8 Å². The second-order valence-corrected chi connectivity index (χ2v) is 6.29. The van der Waals surface area contributed by atoms with Crippen molar-refractivity contribution in [2.45, 2.75) is 20.0 Å². The fraction of sp³-hybridized carbons (Fsp3) is 0.222. The fourth-order valence-electron chi connectivity index (χ4n) is 2.21. The highest BCUT2D eigenvalue weighted by molar-refractivity contribution is 7.22. The summed E-state index contributed by atoms with van der Waals surface area (Å²) in [5.74, 6) is -0.110. The van der Waals surface area contributed by atoms with Gasteiger partial charge < -0.3 is 9.47 Å². The molecule has 0 unspecified atom stereocenters. The van der Waals surface area contributed by atoms with Crippen LogP contribution in [-0.2, 0) is 4.79 Å². The molecule has 5 nitrogen and oxygen atoms in total. The van der Waals surface area contributed by atoms with Crippen LogP contribution in [0.4, 0.5) is 9.52 Å². The molecule has 25 heavy (non-hydrogen) atoms. The van der Waals surface area contributed by atoms with Crippen molar-refractivity contribution in [3.63, 3.8) is 0 Å². The zero-order valence-electron chi connectivity index (χ0n) is 13.8. The summed E-state index contributed by atoms with van der Waals surface area (Å²) in [5, 5.41) is 3.16. The summed E-state index contributed by atoms with van der Waals surface area (Å²) < 4.78 is 25.3. The fourth-order valence-corrected chi connectivity index (χ4v) is 3.10. The van der Waals surface area contributed by atoms with E-state index in [-0.39, 0.29) is 5.75 Å². The summed E-state index contributed by atoms with van der Waals surface area (Å²) in [6.07, 6.45) is -0.858. The first-order valence-corrected chi connectivity index (χ1v) is 8.64. The molecule has 3 aromatic rings. The molecule has 0 aliphatic carbocycles. The Morgan fingerprint density at radius 1 is 1.32 bits per heavy atom. The van der Waals surface area contributed by atoms with Crippen molar-refractivity contribution in [2.24, 2.45) is 0 Å². The summed E-state index contributed by atoms with van der Waals surface area (Å²) in [6.45, 7) is 4.06. The number of rotatable bonds is 6. The van der Waals surface area contributed by atoms with Gasteiger partial charge in [-0.1, -0.05) is 23.5 Å². The number of amides is 1. The lowest BCUT2D eigenvalue weighted by atomic mass is 10.3. The number of halogens is 1. The first-order valence-electron chi connectivity index (χ1n) is 7.82. The molecule has 0 fully saturated rings. The number of ether oxygens (including phenoxy) is 2. The Hall–Kier alpha value is -2.67. The van der Waals surface area contributed by atoms with Gasteiger partial charge in [0.1, 0.15) is 5.75 Å². The average Bonchev–Trinajstić information content (AvgIpc) is 2.98. The average molecular weight is 360 g/mol. The first kappa shape index (κ1) is 17.2. The minimum absolute atomic E-state index is 0.0378. The van der Waals surface area contributed by atoms with Crippen LogP contribution < -0.4 is 14.8 Å². The van der Waals surface area contributed by atoms with Gasteiger partial charge >= 0.3 is 0 Å². The van der Waals surface area contributed by atoms with Crippen molar-refractivity contribution in [3.8, 4) is 11.5 Å². The van der Waals surface area contributed by atoms with Crippen LogP contribution in [0.3, 0.4) is 0 Å². The third kappa shape index (κ3) is 4.06. The summed E-state index contributed by atoms with van der Waals surface area (Å²) in [4.78, 5) is 16.6. The van der Waals surface area contributed by atoms with Crippen LogP contribution in [0.5, 0.6) is 11.5 Å². The van der Waals surface area contributed by atoms with Crippen LogP contribution >= 0.6 is 11.3 Å².